The van der Waals surface area contributed by atoms with Crippen molar-refractivity contribution in [2.45, 2.75) is 31.3 Å². The van der Waals surface area contributed by atoms with Crippen LogP contribution in [-0.4, -0.2) is 11.7 Å². The lowest BCUT2D eigenvalue weighted by Gasteiger charge is -2.20. The molecule has 0 heterocycles. The first kappa shape index (κ1) is 7.91. The molecule has 0 spiro atoms. The van der Waals surface area contributed by atoms with E-state index in [2.05, 4.69) is 5.92 Å². The van der Waals surface area contributed by atoms with Gasteiger partial charge in [-0.1, -0.05) is 17.5 Å². The smallest absolute Gasteiger partial charge is 0.130 e. The van der Waals surface area contributed by atoms with Crippen LogP contribution in [0.1, 0.15) is 25.7 Å². The van der Waals surface area contributed by atoms with Gasteiger partial charge in [0.15, 0.2) is 0 Å². The normalized spacial score (nSPS) is 22.4. The van der Waals surface area contributed by atoms with Crippen molar-refractivity contribution in [1.29, 1.82) is 0 Å². The van der Waals surface area contributed by atoms with Gasteiger partial charge in [0.1, 0.15) is 11.7 Å². The fraction of sp³-hybridized carbons (Fsp3) is 0.750. The Kier molecular flexibility index (Phi) is 2.59. The number of alkyl halides is 1. The van der Waals surface area contributed by atoms with Crippen molar-refractivity contribution in [3.63, 3.8) is 0 Å². The second-order valence-electron chi connectivity index (χ2n) is 2.60. The van der Waals surface area contributed by atoms with Gasteiger partial charge >= 0.3 is 0 Å². The minimum atomic E-state index is -0.318. The van der Waals surface area contributed by atoms with E-state index in [0.717, 1.165) is 12.8 Å². The van der Waals surface area contributed by atoms with E-state index in [1.165, 1.54) is 12.8 Å². The van der Waals surface area contributed by atoms with Crippen molar-refractivity contribution in [3.05, 3.63) is 0 Å². The van der Waals surface area contributed by atoms with Crippen molar-refractivity contribution < 1.29 is 4.74 Å². The summed E-state index contributed by atoms with van der Waals surface area (Å²) in [6.45, 7) is 0. The van der Waals surface area contributed by atoms with E-state index in [1.807, 2.05) is 0 Å². The van der Waals surface area contributed by atoms with Crippen LogP contribution < -0.4 is 0 Å². The Labute approximate surface area is 66.7 Å². The van der Waals surface area contributed by atoms with Crippen LogP contribution in [0.25, 0.3) is 0 Å². The van der Waals surface area contributed by atoms with Crippen LogP contribution in [-0.2, 0) is 4.74 Å². The molecule has 0 aliphatic heterocycles. The molecule has 0 atom stereocenters. The molecule has 1 aliphatic carbocycles. The maximum atomic E-state index is 5.43. The van der Waals surface area contributed by atoms with Crippen molar-refractivity contribution in [1.82, 2.24) is 0 Å². The minimum absolute atomic E-state index is 0.213. The molecule has 0 aromatic carbocycles. The van der Waals surface area contributed by atoms with Crippen LogP contribution in [0.2, 0.25) is 0 Å². The fourth-order valence-electron chi connectivity index (χ4n) is 1.38. The Bertz CT molecular complexity index is 142. The molecule has 0 amide bonds. The summed E-state index contributed by atoms with van der Waals surface area (Å²) < 4.78 is 5.27. The Hall–Kier alpha value is -0.190. The number of rotatable bonds is 2. The van der Waals surface area contributed by atoms with E-state index in [-0.39, 0.29) is 11.7 Å². The molecule has 0 saturated heterocycles. The molecular formula is C8H11ClO. The van der Waals surface area contributed by atoms with Gasteiger partial charge in [-0.3, -0.25) is 0 Å². The zero-order valence-corrected chi connectivity index (χ0v) is 6.66. The van der Waals surface area contributed by atoms with Gasteiger partial charge < -0.3 is 4.74 Å². The first-order valence-electron chi connectivity index (χ1n) is 3.51. The maximum absolute atomic E-state index is 5.43. The van der Waals surface area contributed by atoms with Gasteiger partial charge in [-0.25, -0.2) is 0 Å². The third-order valence-corrected chi connectivity index (χ3v) is 2.11. The van der Waals surface area contributed by atoms with Gasteiger partial charge in [0.05, 0.1) is 0 Å². The highest BCUT2D eigenvalue weighted by atomic mass is 35.5. The van der Waals surface area contributed by atoms with Crippen LogP contribution in [0, 0.1) is 12.3 Å². The lowest BCUT2D eigenvalue weighted by Crippen LogP contribution is -2.25. The second-order valence-corrected chi connectivity index (χ2v) is 2.82. The molecule has 0 bridgehead atoms. The summed E-state index contributed by atoms with van der Waals surface area (Å²) in [4.78, 5) is 0. The van der Waals surface area contributed by atoms with Gasteiger partial charge in [0.2, 0.25) is 0 Å². The first-order chi connectivity index (χ1) is 4.83. The Morgan fingerprint density at radius 2 is 2.10 bits per heavy atom. The summed E-state index contributed by atoms with van der Waals surface area (Å²) in [5.74, 6) is 2.67. The minimum Gasteiger partial charge on any atom is -0.347 e. The zero-order valence-electron chi connectivity index (χ0n) is 5.90. The maximum Gasteiger partial charge on any atom is 0.130 e. The van der Waals surface area contributed by atoms with Crippen molar-refractivity contribution >= 4 is 11.6 Å². The van der Waals surface area contributed by atoms with Crippen molar-refractivity contribution in [2.24, 2.45) is 0 Å². The fourth-order valence-corrected chi connectivity index (χ4v) is 1.59. The van der Waals surface area contributed by atoms with E-state index in [4.69, 9.17) is 22.8 Å². The number of hydrogen-bond donors (Lipinski definition) is 0. The lowest BCUT2D eigenvalue weighted by atomic mass is 10.0. The summed E-state index contributed by atoms with van der Waals surface area (Å²) in [6, 6.07) is 0.213. The van der Waals surface area contributed by atoms with Gasteiger partial charge in [0.25, 0.3) is 0 Å². The summed E-state index contributed by atoms with van der Waals surface area (Å²) in [5.41, 5.74) is -0.318. The molecule has 56 valence electrons. The van der Waals surface area contributed by atoms with Crippen molar-refractivity contribution in [2.75, 3.05) is 6.07 Å². The Morgan fingerprint density at radius 3 is 2.50 bits per heavy atom. The summed E-state index contributed by atoms with van der Waals surface area (Å²) >= 11 is 5.43. The molecule has 1 rings (SSSR count). The van der Waals surface area contributed by atoms with E-state index in [0.29, 0.717) is 0 Å². The molecule has 0 N–H and O–H groups in total. The highest BCUT2D eigenvalue weighted by Crippen LogP contribution is 2.32. The third-order valence-electron chi connectivity index (χ3n) is 2.01. The molecule has 2 heteroatoms. The molecule has 10 heavy (non-hydrogen) atoms. The van der Waals surface area contributed by atoms with E-state index < -0.39 is 0 Å². The predicted octanol–water partition coefficient (Wildman–Crippen LogP) is 2.15. The molecule has 0 unspecified atom stereocenters. The summed E-state index contributed by atoms with van der Waals surface area (Å²) in [5, 5.41) is 0. The molecule has 0 aromatic heterocycles. The molecule has 1 aliphatic rings. The third kappa shape index (κ3) is 1.45. The van der Waals surface area contributed by atoms with Crippen LogP contribution >= 0.6 is 11.6 Å². The highest BCUT2D eigenvalue weighted by Gasteiger charge is 2.32. The topological polar surface area (TPSA) is 9.23 Å². The summed E-state index contributed by atoms with van der Waals surface area (Å²) in [7, 11) is 0. The highest BCUT2D eigenvalue weighted by molar-refractivity contribution is 6.17. The SMILES string of the molecule is C#CC1(OCCl)CCCC1. The Morgan fingerprint density at radius 1 is 1.50 bits per heavy atom. The van der Waals surface area contributed by atoms with Crippen LogP contribution in [0.3, 0.4) is 0 Å². The summed E-state index contributed by atoms with van der Waals surface area (Å²) in [6.07, 6.45) is 9.59. The quantitative estimate of drug-likeness (QED) is 0.442. The van der Waals surface area contributed by atoms with Crippen molar-refractivity contribution in [3.8, 4) is 12.3 Å². The average molecular weight is 159 g/mol. The largest absolute Gasteiger partial charge is 0.347 e. The van der Waals surface area contributed by atoms with Crippen LogP contribution in [0.15, 0.2) is 0 Å². The van der Waals surface area contributed by atoms with E-state index in [9.17, 15) is 0 Å². The molecule has 1 fully saturated rings. The van der Waals surface area contributed by atoms with Gasteiger partial charge in [0, 0.05) is 0 Å². The average Bonchev–Trinajstić information content (AvgIpc) is 2.39. The van der Waals surface area contributed by atoms with E-state index in [1.54, 1.807) is 0 Å². The van der Waals surface area contributed by atoms with E-state index >= 15 is 0 Å². The zero-order chi connectivity index (χ0) is 7.45. The standard InChI is InChI=1S/C8H11ClO/c1-2-8(10-7-9)5-3-4-6-8/h1H,3-7H2. The van der Waals surface area contributed by atoms with Gasteiger partial charge in [-0.15, -0.1) is 6.42 Å². The number of terminal acetylenes is 1. The predicted molar refractivity (Wildman–Crippen MR) is 41.8 cm³/mol. The number of halogens is 1. The first-order valence-corrected chi connectivity index (χ1v) is 4.04. The van der Waals surface area contributed by atoms with Crippen LogP contribution in [0.5, 0.6) is 0 Å². The van der Waals surface area contributed by atoms with Gasteiger partial charge in [-0.2, -0.15) is 0 Å². The second kappa shape index (κ2) is 3.27. The lowest BCUT2D eigenvalue weighted by molar-refractivity contribution is 0.0340. The Balaban J connectivity index is 2.51. The monoisotopic (exact) mass is 158 g/mol. The van der Waals surface area contributed by atoms with Gasteiger partial charge in [-0.05, 0) is 25.7 Å². The molecule has 1 saturated carbocycles. The number of hydrogen-bond acceptors (Lipinski definition) is 1. The molecule has 1 nitrogen and oxygen atoms in total. The van der Waals surface area contributed by atoms with Crippen LogP contribution in [0.4, 0.5) is 0 Å². The number of ether oxygens (including phenoxy) is 1. The molecule has 0 aromatic rings. The molecule has 0 radical (unpaired) electrons. The molecular weight excluding hydrogens is 148 g/mol.